The van der Waals surface area contributed by atoms with Crippen LogP contribution in [0.3, 0.4) is 0 Å². The zero-order valence-electron chi connectivity index (χ0n) is 8.67. The van der Waals surface area contributed by atoms with Crippen LogP contribution in [-0.4, -0.2) is 13.4 Å². The van der Waals surface area contributed by atoms with Crippen LogP contribution >= 0.6 is 15.9 Å². The zero-order valence-corrected chi connectivity index (χ0v) is 11.1. The number of hydrogen-bond acceptors (Lipinski definition) is 3. The van der Waals surface area contributed by atoms with Crippen LogP contribution in [-0.2, 0) is 10.0 Å². The first-order valence-electron chi connectivity index (χ1n) is 4.77. The van der Waals surface area contributed by atoms with Crippen molar-refractivity contribution in [1.82, 2.24) is 4.98 Å². The molecule has 0 aliphatic heterocycles. The molecule has 0 saturated heterocycles. The quantitative estimate of drug-likeness (QED) is 0.947. The van der Waals surface area contributed by atoms with E-state index in [0.29, 0.717) is 5.69 Å². The second kappa shape index (κ2) is 4.85. The summed E-state index contributed by atoms with van der Waals surface area (Å²) >= 11 is 3.28. The highest BCUT2D eigenvalue weighted by Gasteiger charge is 2.14. The Morgan fingerprint density at radius 1 is 1.06 bits per heavy atom. The van der Waals surface area contributed by atoms with E-state index in [-0.39, 0.29) is 5.03 Å². The number of anilines is 1. The van der Waals surface area contributed by atoms with Crippen LogP contribution in [0, 0.1) is 0 Å². The zero-order chi connectivity index (χ0) is 12.3. The van der Waals surface area contributed by atoms with Gasteiger partial charge in [-0.1, -0.05) is 22.0 Å². The summed E-state index contributed by atoms with van der Waals surface area (Å²) in [5.74, 6) is 0. The Morgan fingerprint density at radius 3 is 2.35 bits per heavy atom. The van der Waals surface area contributed by atoms with Crippen molar-refractivity contribution in [3.05, 3.63) is 53.1 Å². The maximum Gasteiger partial charge on any atom is 0.279 e. The molecule has 1 N–H and O–H groups in total. The van der Waals surface area contributed by atoms with Gasteiger partial charge in [0.1, 0.15) is 0 Å². The van der Waals surface area contributed by atoms with Crippen LogP contribution in [0.2, 0.25) is 0 Å². The predicted octanol–water partition coefficient (Wildman–Crippen LogP) is 2.64. The number of benzene rings is 1. The summed E-state index contributed by atoms with van der Waals surface area (Å²) in [5.41, 5.74) is 0.499. The molecule has 1 heterocycles. The second-order valence-electron chi connectivity index (χ2n) is 3.28. The minimum Gasteiger partial charge on any atom is -0.278 e. The molecule has 2 aromatic rings. The Balaban J connectivity index is 2.27. The summed E-state index contributed by atoms with van der Waals surface area (Å²) < 4.78 is 27.1. The van der Waals surface area contributed by atoms with Gasteiger partial charge < -0.3 is 0 Å². The molecule has 0 bridgehead atoms. The van der Waals surface area contributed by atoms with E-state index in [1.807, 2.05) is 0 Å². The van der Waals surface area contributed by atoms with Crippen molar-refractivity contribution in [2.24, 2.45) is 0 Å². The maximum absolute atomic E-state index is 11.9. The Morgan fingerprint density at radius 2 is 1.76 bits per heavy atom. The number of aromatic nitrogens is 1. The van der Waals surface area contributed by atoms with Crippen LogP contribution in [0.25, 0.3) is 0 Å². The summed E-state index contributed by atoms with van der Waals surface area (Å²) in [6.07, 6.45) is 1.44. The molecule has 0 saturated carbocycles. The Hall–Kier alpha value is -1.40. The summed E-state index contributed by atoms with van der Waals surface area (Å²) in [7, 11) is -3.60. The fourth-order valence-corrected chi connectivity index (χ4v) is 2.50. The largest absolute Gasteiger partial charge is 0.279 e. The van der Waals surface area contributed by atoms with Gasteiger partial charge in [0.05, 0.1) is 0 Å². The number of rotatable bonds is 3. The van der Waals surface area contributed by atoms with Crippen molar-refractivity contribution in [3.8, 4) is 0 Å². The molecule has 17 heavy (non-hydrogen) atoms. The lowest BCUT2D eigenvalue weighted by molar-refractivity contribution is 0.597. The van der Waals surface area contributed by atoms with E-state index in [9.17, 15) is 8.42 Å². The highest BCUT2D eigenvalue weighted by molar-refractivity contribution is 9.10. The molecule has 0 unspecified atom stereocenters. The number of pyridine rings is 1. The molecule has 0 spiro atoms. The van der Waals surface area contributed by atoms with Gasteiger partial charge >= 0.3 is 0 Å². The van der Waals surface area contributed by atoms with Gasteiger partial charge in [-0.05, 0) is 36.4 Å². The van der Waals surface area contributed by atoms with Crippen molar-refractivity contribution in [2.75, 3.05) is 4.72 Å². The molecule has 0 atom stereocenters. The average molecular weight is 313 g/mol. The predicted molar refractivity (Wildman–Crippen MR) is 69.2 cm³/mol. The lowest BCUT2D eigenvalue weighted by Crippen LogP contribution is -2.14. The van der Waals surface area contributed by atoms with Gasteiger partial charge in [0.2, 0.25) is 0 Å². The number of halogens is 1. The molecule has 0 radical (unpaired) electrons. The van der Waals surface area contributed by atoms with Gasteiger partial charge in [0.25, 0.3) is 10.0 Å². The molecule has 0 amide bonds. The molecule has 0 aliphatic rings. The normalized spacial score (nSPS) is 11.1. The van der Waals surface area contributed by atoms with Crippen molar-refractivity contribution < 1.29 is 8.42 Å². The molecule has 88 valence electrons. The van der Waals surface area contributed by atoms with Gasteiger partial charge in [-0.15, -0.1) is 0 Å². The van der Waals surface area contributed by atoms with Crippen molar-refractivity contribution in [3.63, 3.8) is 0 Å². The summed E-state index contributed by atoms with van der Waals surface area (Å²) in [5, 5.41) is 0.00270. The van der Waals surface area contributed by atoms with Gasteiger partial charge in [0, 0.05) is 16.4 Å². The molecule has 1 aromatic carbocycles. The third-order valence-corrected chi connectivity index (χ3v) is 3.83. The Labute approximate surface area is 108 Å². The molecule has 0 aliphatic carbocycles. The summed E-state index contributed by atoms with van der Waals surface area (Å²) in [6.45, 7) is 0. The fourth-order valence-electron chi connectivity index (χ4n) is 1.23. The molecule has 0 fully saturated rings. The average Bonchev–Trinajstić information content (AvgIpc) is 2.33. The van der Waals surface area contributed by atoms with Crippen LogP contribution < -0.4 is 4.72 Å². The molecule has 1 aromatic heterocycles. The summed E-state index contributed by atoms with van der Waals surface area (Å²) in [6, 6.07) is 11.6. The maximum atomic E-state index is 11.9. The molecule has 2 rings (SSSR count). The van der Waals surface area contributed by atoms with E-state index in [2.05, 4.69) is 25.6 Å². The highest BCUT2D eigenvalue weighted by Crippen LogP contribution is 2.17. The van der Waals surface area contributed by atoms with Gasteiger partial charge in [-0.2, -0.15) is 8.42 Å². The van der Waals surface area contributed by atoms with E-state index in [1.165, 1.54) is 12.3 Å². The van der Waals surface area contributed by atoms with Crippen LogP contribution in [0.5, 0.6) is 0 Å². The minimum atomic E-state index is -3.60. The standard InChI is InChI=1S/C11H9BrN2O2S/c12-9-4-6-10(7-5-9)14-17(15,16)11-3-1-2-8-13-11/h1-8,14H. The van der Waals surface area contributed by atoms with Crippen LogP contribution in [0.1, 0.15) is 0 Å². The molecule has 4 nitrogen and oxygen atoms in total. The number of nitrogens with zero attached hydrogens (tertiary/aromatic N) is 1. The smallest absolute Gasteiger partial charge is 0.278 e. The van der Waals surface area contributed by atoms with Crippen LogP contribution in [0.15, 0.2) is 58.2 Å². The second-order valence-corrected chi connectivity index (χ2v) is 5.83. The van der Waals surface area contributed by atoms with E-state index >= 15 is 0 Å². The first-order chi connectivity index (χ1) is 8.08. The van der Waals surface area contributed by atoms with Crippen molar-refractivity contribution >= 4 is 31.6 Å². The first kappa shape index (κ1) is 12.1. The van der Waals surface area contributed by atoms with E-state index in [1.54, 1.807) is 36.4 Å². The van der Waals surface area contributed by atoms with E-state index < -0.39 is 10.0 Å². The topological polar surface area (TPSA) is 59.1 Å². The number of hydrogen-bond donors (Lipinski definition) is 1. The van der Waals surface area contributed by atoms with E-state index in [4.69, 9.17) is 0 Å². The SMILES string of the molecule is O=S(=O)(Nc1ccc(Br)cc1)c1ccccn1. The van der Waals surface area contributed by atoms with E-state index in [0.717, 1.165) is 4.47 Å². The third-order valence-electron chi connectivity index (χ3n) is 2.01. The lowest BCUT2D eigenvalue weighted by Gasteiger charge is -2.06. The van der Waals surface area contributed by atoms with Gasteiger partial charge in [0.15, 0.2) is 5.03 Å². The summed E-state index contributed by atoms with van der Waals surface area (Å²) in [4.78, 5) is 3.80. The Kier molecular flexibility index (Phi) is 3.44. The molecule has 6 heteroatoms. The molecular formula is C11H9BrN2O2S. The van der Waals surface area contributed by atoms with Crippen LogP contribution in [0.4, 0.5) is 5.69 Å². The lowest BCUT2D eigenvalue weighted by atomic mass is 10.3. The number of nitrogens with one attached hydrogen (secondary N) is 1. The monoisotopic (exact) mass is 312 g/mol. The van der Waals surface area contributed by atoms with Crippen molar-refractivity contribution in [1.29, 1.82) is 0 Å². The fraction of sp³-hybridized carbons (Fsp3) is 0. The highest BCUT2D eigenvalue weighted by atomic mass is 79.9. The Bertz CT molecular complexity index is 597. The molecular weight excluding hydrogens is 304 g/mol. The first-order valence-corrected chi connectivity index (χ1v) is 7.05. The van der Waals surface area contributed by atoms with Gasteiger partial charge in [-0.3, -0.25) is 4.72 Å². The third kappa shape index (κ3) is 3.04. The van der Waals surface area contributed by atoms with Gasteiger partial charge in [-0.25, -0.2) is 4.98 Å². The van der Waals surface area contributed by atoms with Crippen molar-refractivity contribution in [2.45, 2.75) is 5.03 Å². The number of sulfonamides is 1. The minimum absolute atomic E-state index is 0.00270.